The van der Waals surface area contributed by atoms with Gasteiger partial charge in [-0.05, 0) is 18.6 Å². The molecular formula is C12H14N3O4+. The molecule has 0 aromatic carbocycles. The Hall–Kier alpha value is -2.46. The molecule has 0 saturated carbocycles. The molecule has 7 nitrogen and oxygen atoms in total. The van der Waals surface area contributed by atoms with E-state index >= 15 is 0 Å². The van der Waals surface area contributed by atoms with Crippen LogP contribution in [0.25, 0.3) is 4.98 Å². The molecule has 0 saturated heterocycles. The standard InChI is InChI=1S/C12H13N3O4/c1-2-19-12(18)11(15-13)10(17)6-9(16)8-4-3-5-14-7-8/h3-5,7,9,16H,2,6H2,1H3/p+1. The summed E-state index contributed by atoms with van der Waals surface area (Å²) < 4.78 is 4.60. The molecule has 0 amide bonds. The van der Waals surface area contributed by atoms with Crippen molar-refractivity contribution in [1.82, 2.24) is 4.98 Å². The summed E-state index contributed by atoms with van der Waals surface area (Å²) in [4.78, 5) is 17.8. The number of carbonyl (C=O) groups excluding carboxylic acids is 1. The highest BCUT2D eigenvalue weighted by Crippen LogP contribution is 2.21. The van der Waals surface area contributed by atoms with E-state index < -0.39 is 23.5 Å². The van der Waals surface area contributed by atoms with Gasteiger partial charge in [-0.15, -0.1) is 0 Å². The van der Waals surface area contributed by atoms with Crippen molar-refractivity contribution in [2.24, 2.45) is 0 Å². The second-order valence-corrected chi connectivity index (χ2v) is 3.62. The maximum absolute atomic E-state index is 11.3. The number of esters is 1. The highest BCUT2D eigenvalue weighted by Gasteiger charge is 2.31. The predicted octanol–water partition coefficient (Wildman–Crippen LogP) is 1.69. The molecule has 1 aromatic heterocycles. The smallest absolute Gasteiger partial charge is 0.505 e. The van der Waals surface area contributed by atoms with E-state index in [0.717, 1.165) is 0 Å². The maximum atomic E-state index is 11.3. The van der Waals surface area contributed by atoms with E-state index in [0.29, 0.717) is 5.56 Å². The Morgan fingerprint density at radius 3 is 2.89 bits per heavy atom. The van der Waals surface area contributed by atoms with Crippen LogP contribution in [0, 0.1) is 5.39 Å². The lowest BCUT2D eigenvalue weighted by Gasteiger charge is -2.08. The second kappa shape index (κ2) is 7.08. The van der Waals surface area contributed by atoms with Crippen molar-refractivity contribution in [1.29, 1.82) is 5.39 Å². The van der Waals surface area contributed by atoms with Crippen LogP contribution in [0.15, 0.2) is 36.0 Å². The van der Waals surface area contributed by atoms with Crippen molar-refractivity contribution in [2.75, 3.05) is 6.61 Å². The van der Waals surface area contributed by atoms with Crippen LogP contribution in [0.2, 0.25) is 0 Å². The number of pyridine rings is 1. The van der Waals surface area contributed by atoms with Crippen LogP contribution >= 0.6 is 0 Å². The molecule has 0 aliphatic rings. The van der Waals surface area contributed by atoms with E-state index in [1.54, 1.807) is 25.3 Å². The molecule has 1 atom stereocenters. The SMILES string of the molecule is CCOC(=O)/C([N+]#N)=C(\O)CC(O)c1cccnc1. The van der Waals surface area contributed by atoms with Crippen LogP contribution in [0.3, 0.4) is 0 Å². The molecule has 0 bridgehead atoms. The first-order valence-corrected chi connectivity index (χ1v) is 5.62. The zero-order valence-corrected chi connectivity index (χ0v) is 10.4. The summed E-state index contributed by atoms with van der Waals surface area (Å²) in [5.41, 5.74) is -0.153. The van der Waals surface area contributed by atoms with Crippen molar-refractivity contribution >= 4 is 5.97 Å². The Morgan fingerprint density at radius 1 is 1.63 bits per heavy atom. The molecule has 19 heavy (non-hydrogen) atoms. The van der Waals surface area contributed by atoms with Gasteiger partial charge in [-0.25, -0.2) is 4.79 Å². The first-order chi connectivity index (χ1) is 9.10. The van der Waals surface area contributed by atoms with Gasteiger partial charge in [0.2, 0.25) is 5.39 Å². The molecule has 1 rings (SSSR count). The van der Waals surface area contributed by atoms with Gasteiger partial charge in [0, 0.05) is 18.8 Å². The summed E-state index contributed by atoms with van der Waals surface area (Å²) in [5.74, 6) is -1.52. The number of ether oxygens (including phenoxy) is 1. The molecule has 1 aromatic rings. The number of nitrogens with zero attached hydrogens (tertiary/aromatic N) is 3. The Labute approximate surface area is 109 Å². The van der Waals surface area contributed by atoms with Gasteiger partial charge in [-0.2, -0.15) is 0 Å². The summed E-state index contributed by atoms with van der Waals surface area (Å²) in [6, 6.07) is 3.24. The van der Waals surface area contributed by atoms with E-state index in [4.69, 9.17) is 5.39 Å². The van der Waals surface area contributed by atoms with Gasteiger partial charge in [0.05, 0.1) is 12.7 Å². The first kappa shape index (κ1) is 14.6. The summed E-state index contributed by atoms with van der Waals surface area (Å²) in [5, 5.41) is 28.2. The molecule has 7 heteroatoms. The Balaban J connectivity index is 2.85. The monoisotopic (exact) mass is 264 g/mol. The lowest BCUT2D eigenvalue weighted by molar-refractivity contribution is -0.138. The number of hydrogen-bond donors (Lipinski definition) is 2. The van der Waals surface area contributed by atoms with Crippen molar-refractivity contribution < 1.29 is 19.7 Å². The van der Waals surface area contributed by atoms with Crippen molar-refractivity contribution in [3.63, 3.8) is 0 Å². The highest BCUT2D eigenvalue weighted by atomic mass is 16.5. The molecule has 2 N–H and O–H groups in total. The number of rotatable bonds is 5. The van der Waals surface area contributed by atoms with Crippen molar-refractivity contribution in [2.45, 2.75) is 19.4 Å². The van der Waals surface area contributed by atoms with Gasteiger partial charge in [0.25, 0.3) is 0 Å². The van der Waals surface area contributed by atoms with Crippen molar-refractivity contribution in [3.8, 4) is 0 Å². The Kier molecular flexibility index (Phi) is 5.44. The third-order valence-corrected chi connectivity index (χ3v) is 2.30. The molecule has 1 heterocycles. The number of carbonyl (C=O) groups is 1. The lowest BCUT2D eigenvalue weighted by atomic mass is 10.1. The van der Waals surface area contributed by atoms with E-state index in [1.807, 2.05) is 0 Å². The number of hydrogen-bond acceptors (Lipinski definition) is 6. The molecule has 0 aliphatic heterocycles. The van der Waals surface area contributed by atoms with Crippen LogP contribution in [0.5, 0.6) is 0 Å². The fourth-order valence-electron chi connectivity index (χ4n) is 1.39. The molecule has 0 aliphatic carbocycles. The number of aliphatic hydroxyl groups excluding tert-OH is 2. The number of diazo groups is 1. The van der Waals surface area contributed by atoms with E-state index in [-0.39, 0.29) is 13.0 Å². The van der Waals surface area contributed by atoms with Gasteiger partial charge >= 0.3 is 11.7 Å². The number of aliphatic hydroxyl groups is 2. The maximum Gasteiger partial charge on any atom is 0.505 e. The fourth-order valence-corrected chi connectivity index (χ4v) is 1.39. The Morgan fingerprint density at radius 2 is 2.37 bits per heavy atom. The highest BCUT2D eigenvalue weighted by molar-refractivity contribution is 5.90. The van der Waals surface area contributed by atoms with Crippen LogP contribution in [-0.4, -0.2) is 27.8 Å². The summed E-state index contributed by atoms with van der Waals surface area (Å²) >= 11 is 0. The third-order valence-electron chi connectivity index (χ3n) is 2.30. The first-order valence-electron chi connectivity index (χ1n) is 5.62. The fraction of sp³-hybridized carbons (Fsp3) is 0.333. The van der Waals surface area contributed by atoms with Crippen LogP contribution in [-0.2, 0) is 9.53 Å². The van der Waals surface area contributed by atoms with Crippen LogP contribution in [0.1, 0.15) is 25.0 Å². The average Bonchev–Trinajstić information content (AvgIpc) is 2.40. The van der Waals surface area contributed by atoms with Gasteiger partial charge in [-0.1, -0.05) is 6.07 Å². The van der Waals surface area contributed by atoms with Crippen molar-refractivity contribution in [3.05, 3.63) is 46.5 Å². The van der Waals surface area contributed by atoms with Gasteiger partial charge in [0.15, 0.2) is 10.7 Å². The summed E-state index contributed by atoms with van der Waals surface area (Å²) in [7, 11) is 0. The van der Waals surface area contributed by atoms with E-state index in [1.165, 1.54) is 6.20 Å². The van der Waals surface area contributed by atoms with Crippen LogP contribution < -0.4 is 0 Å². The van der Waals surface area contributed by atoms with E-state index in [9.17, 15) is 15.0 Å². The minimum Gasteiger partial charge on any atom is -0.505 e. The average molecular weight is 264 g/mol. The summed E-state index contributed by atoms with van der Waals surface area (Å²) in [6.07, 6.45) is 1.61. The zero-order chi connectivity index (χ0) is 14.3. The second-order valence-electron chi connectivity index (χ2n) is 3.62. The predicted molar refractivity (Wildman–Crippen MR) is 65.2 cm³/mol. The number of aromatic nitrogens is 1. The lowest BCUT2D eigenvalue weighted by Crippen LogP contribution is -2.09. The molecule has 0 fully saturated rings. The molecule has 0 spiro atoms. The van der Waals surface area contributed by atoms with Gasteiger partial charge in [-0.3, -0.25) is 4.98 Å². The molecule has 1 unspecified atom stereocenters. The van der Waals surface area contributed by atoms with Gasteiger partial charge < -0.3 is 14.9 Å². The third kappa shape index (κ3) is 4.04. The minimum atomic E-state index is -1.07. The van der Waals surface area contributed by atoms with Crippen LogP contribution in [0.4, 0.5) is 0 Å². The largest absolute Gasteiger partial charge is 0.505 e. The zero-order valence-electron chi connectivity index (χ0n) is 10.4. The molecule has 0 radical (unpaired) electrons. The Bertz CT molecular complexity index is 507. The topological polar surface area (TPSA) is 108 Å². The molecular weight excluding hydrogens is 250 g/mol. The normalized spacial score (nSPS) is 13.1. The minimum absolute atomic E-state index is 0.0797. The summed E-state index contributed by atoms with van der Waals surface area (Å²) in [6.45, 7) is 1.66. The quantitative estimate of drug-likeness (QED) is 0.362. The van der Waals surface area contributed by atoms with E-state index in [2.05, 4.69) is 14.7 Å². The van der Waals surface area contributed by atoms with Gasteiger partial charge in [0.1, 0.15) is 0 Å². The molecule has 100 valence electrons.